The number of aliphatic hydroxyl groups is 4. The van der Waals surface area contributed by atoms with Crippen LogP contribution in [0.2, 0.25) is 0 Å². The van der Waals surface area contributed by atoms with Gasteiger partial charge in [0.05, 0.1) is 25.4 Å². The summed E-state index contributed by atoms with van der Waals surface area (Å²) >= 11 is 0. The first-order chi connectivity index (χ1) is 28.0. The minimum atomic E-state index is -5.07. The maximum atomic E-state index is 13.0. The molecule has 0 radical (unpaired) electrons. The number of unbranched alkanes of at least 4 members (excludes halogenated alkanes) is 24. The highest BCUT2D eigenvalue weighted by Crippen LogP contribution is 2.26. The van der Waals surface area contributed by atoms with Crippen LogP contribution < -0.4 is 5.32 Å². The number of ether oxygens (including phenoxy) is 2. The Bertz CT molecular complexity index is 1140. The van der Waals surface area contributed by atoms with E-state index in [1.807, 2.05) is 0 Å². The molecule has 1 heterocycles. The van der Waals surface area contributed by atoms with Crippen molar-refractivity contribution < 1.29 is 51.8 Å². The van der Waals surface area contributed by atoms with Gasteiger partial charge in [-0.15, -0.1) is 0 Å². The van der Waals surface area contributed by atoms with E-state index in [-0.39, 0.29) is 18.9 Å². The highest BCUT2D eigenvalue weighted by molar-refractivity contribution is 7.80. The Morgan fingerprint density at radius 3 is 1.64 bits per heavy atom. The number of aliphatic hydroxyl groups excluding tert-OH is 4. The summed E-state index contributed by atoms with van der Waals surface area (Å²) < 4.78 is 47.6. The minimum absolute atomic E-state index is 0.235. The zero-order valence-electron chi connectivity index (χ0n) is 36.4. The van der Waals surface area contributed by atoms with Gasteiger partial charge in [0, 0.05) is 6.42 Å². The van der Waals surface area contributed by atoms with Crippen LogP contribution in [-0.2, 0) is 28.9 Å². The van der Waals surface area contributed by atoms with Crippen molar-refractivity contribution in [2.24, 2.45) is 0 Å². The Kier molecular flexibility index (Phi) is 34.1. The van der Waals surface area contributed by atoms with Crippen molar-refractivity contribution in [3.8, 4) is 0 Å². The van der Waals surface area contributed by atoms with Gasteiger partial charge in [-0.1, -0.05) is 179 Å². The second kappa shape index (κ2) is 36.3. The third-order valence-electron chi connectivity index (χ3n) is 11.0. The minimum Gasteiger partial charge on any atom is -0.394 e. The summed E-state index contributed by atoms with van der Waals surface area (Å²) in [7, 11) is -5.07. The summed E-state index contributed by atoms with van der Waals surface area (Å²) in [5, 5.41) is 44.8. The molecule has 6 N–H and O–H groups in total. The Balaban J connectivity index is 2.47. The van der Waals surface area contributed by atoms with Crippen molar-refractivity contribution in [1.29, 1.82) is 0 Å². The smallest absolute Gasteiger partial charge is 0.394 e. The van der Waals surface area contributed by atoms with Crippen molar-refractivity contribution in [3.63, 3.8) is 0 Å². The van der Waals surface area contributed by atoms with Gasteiger partial charge in [-0.3, -0.25) is 9.35 Å². The van der Waals surface area contributed by atoms with Gasteiger partial charge in [-0.2, -0.15) is 8.42 Å². The molecule has 58 heavy (non-hydrogen) atoms. The van der Waals surface area contributed by atoms with Gasteiger partial charge in [-0.05, 0) is 38.5 Å². The van der Waals surface area contributed by atoms with Crippen LogP contribution in [0, 0.1) is 0 Å². The predicted octanol–water partition coefficient (Wildman–Crippen LogP) is 8.94. The number of rotatable bonds is 39. The topological polar surface area (TPSA) is 192 Å². The average molecular weight is 848 g/mol. The van der Waals surface area contributed by atoms with Gasteiger partial charge in [0.15, 0.2) is 6.29 Å². The number of carbonyl (C=O) groups excluding carboxylic acids is 1. The van der Waals surface area contributed by atoms with Crippen LogP contribution in [0.15, 0.2) is 24.3 Å². The predicted molar refractivity (Wildman–Crippen MR) is 232 cm³/mol. The molecule has 0 aromatic heterocycles. The molecule has 7 atom stereocenters. The molecule has 1 aliphatic heterocycles. The Hall–Kier alpha value is -1.42. The standard InChI is InChI=1S/C45H85NO11S/c1-3-5-7-9-11-13-15-17-18-19-20-21-22-23-25-27-29-31-33-35-41(49)46-38(39(48)34-32-30-28-26-24-16-14-12-10-8-6-4-2)37-55-45-43(51)44(57-58(52,53)54)42(50)40(36-47)56-45/h11,13,15,17,38-40,42-45,47-48,50-51H,3-10,12,14,16,18-37H2,1-2H3,(H,46,49)(H,52,53,54)/b13-11-,17-15-. The molecule has 7 unspecified atom stereocenters. The highest BCUT2D eigenvalue weighted by atomic mass is 32.3. The second-order valence-corrected chi connectivity index (χ2v) is 17.4. The van der Waals surface area contributed by atoms with Crippen molar-refractivity contribution in [2.45, 2.75) is 243 Å². The summed E-state index contributed by atoms with van der Waals surface area (Å²) in [5.41, 5.74) is 0. The van der Waals surface area contributed by atoms with E-state index in [0.717, 1.165) is 51.4 Å². The quantitative estimate of drug-likeness (QED) is 0.0197. The fourth-order valence-corrected chi connectivity index (χ4v) is 7.90. The molecule has 1 rings (SSSR count). The van der Waals surface area contributed by atoms with Crippen molar-refractivity contribution in [2.75, 3.05) is 13.2 Å². The van der Waals surface area contributed by atoms with Crippen LogP contribution in [0.3, 0.4) is 0 Å². The van der Waals surface area contributed by atoms with Crippen molar-refractivity contribution in [1.82, 2.24) is 5.32 Å². The van der Waals surface area contributed by atoms with E-state index in [9.17, 15) is 38.2 Å². The van der Waals surface area contributed by atoms with Crippen LogP contribution in [-0.4, -0.2) is 95.4 Å². The molecule has 1 fully saturated rings. The molecular formula is C45H85NO11S. The summed E-state index contributed by atoms with van der Waals surface area (Å²) in [6, 6.07) is -0.857. The Morgan fingerprint density at radius 1 is 0.690 bits per heavy atom. The fraction of sp³-hybridized carbons (Fsp3) is 0.889. The van der Waals surface area contributed by atoms with Crippen LogP contribution in [0.1, 0.15) is 200 Å². The number of amides is 1. The molecule has 1 saturated heterocycles. The largest absolute Gasteiger partial charge is 0.397 e. The van der Waals surface area contributed by atoms with E-state index in [0.29, 0.717) is 12.8 Å². The first-order valence-electron chi connectivity index (χ1n) is 23.2. The van der Waals surface area contributed by atoms with E-state index < -0.39 is 59.9 Å². The van der Waals surface area contributed by atoms with Crippen molar-refractivity contribution in [3.05, 3.63) is 24.3 Å². The number of nitrogens with one attached hydrogen (secondary N) is 1. The lowest BCUT2D eigenvalue weighted by molar-refractivity contribution is -0.298. The molecule has 0 bridgehead atoms. The van der Waals surface area contributed by atoms with Gasteiger partial charge < -0.3 is 35.2 Å². The van der Waals surface area contributed by atoms with E-state index in [4.69, 9.17) is 9.47 Å². The van der Waals surface area contributed by atoms with Crippen LogP contribution in [0.4, 0.5) is 0 Å². The molecule has 0 aromatic rings. The van der Waals surface area contributed by atoms with Gasteiger partial charge in [0.1, 0.15) is 24.4 Å². The number of carbonyl (C=O) groups is 1. The lowest BCUT2D eigenvalue weighted by Gasteiger charge is -2.41. The van der Waals surface area contributed by atoms with Gasteiger partial charge in [-0.25, -0.2) is 4.18 Å². The third kappa shape index (κ3) is 28.9. The van der Waals surface area contributed by atoms with E-state index >= 15 is 0 Å². The zero-order valence-corrected chi connectivity index (χ0v) is 37.2. The second-order valence-electron chi connectivity index (χ2n) is 16.4. The zero-order chi connectivity index (χ0) is 42.7. The number of hydrogen-bond acceptors (Lipinski definition) is 10. The van der Waals surface area contributed by atoms with Crippen LogP contribution >= 0.6 is 0 Å². The maximum Gasteiger partial charge on any atom is 0.397 e. The molecule has 342 valence electrons. The normalized spacial score (nSPS) is 21.3. The third-order valence-corrected chi connectivity index (χ3v) is 11.5. The van der Waals surface area contributed by atoms with E-state index in [2.05, 4.69) is 47.7 Å². The molecule has 12 nitrogen and oxygen atoms in total. The van der Waals surface area contributed by atoms with Crippen molar-refractivity contribution >= 4 is 16.3 Å². The fourth-order valence-electron chi connectivity index (χ4n) is 7.39. The monoisotopic (exact) mass is 848 g/mol. The SMILES string of the molecule is CCCCC/C=C\C=C/CCCCCCCCCCCCC(=O)NC(COC1OC(CO)C(O)C(OS(=O)(=O)O)C1O)C(O)CCCCCCCCCCCCCC. The van der Waals surface area contributed by atoms with E-state index in [1.165, 1.54) is 116 Å². The average Bonchev–Trinajstić information content (AvgIpc) is 3.19. The number of allylic oxidation sites excluding steroid dienone is 4. The Labute approximate surface area is 352 Å². The highest BCUT2D eigenvalue weighted by Gasteiger charge is 2.48. The molecule has 1 amide bonds. The number of hydrogen-bond donors (Lipinski definition) is 6. The molecule has 0 aromatic carbocycles. The van der Waals surface area contributed by atoms with E-state index in [1.54, 1.807) is 0 Å². The lowest BCUT2D eigenvalue weighted by atomic mass is 9.99. The first kappa shape index (κ1) is 54.6. The first-order valence-corrected chi connectivity index (χ1v) is 24.6. The van der Waals surface area contributed by atoms with Gasteiger partial charge in [0.25, 0.3) is 0 Å². The summed E-state index contributed by atoms with van der Waals surface area (Å²) in [6.07, 6.45) is 31.7. The summed E-state index contributed by atoms with van der Waals surface area (Å²) in [5.74, 6) is -0.235. The molecular weight excluding hydrogens is 763 g/mol. The van der Waals surface area contributed by atoms with Gasteiger partial charge >= 0.3 is 10.4 Å². The van der Waals surface area contributed by atoms with Crippen LogP contribution in [0.5, 0.6) is 0 Å². The van der Waals surface area contributed by atoms with Gasteiger partial charge in [0.2, 0.25) is 5.91 Å². The molecule has 0 spiro atoms. The summed E-state index contributed by atoms with van der Waals surface area (Å²) in [6.45, 7) is 3.40. The Morgan fingerprint density at radius 2 is 1.14 bits per heavy atom. The molecule has 13 heteroatoms. The molecule has 0 aliphatic carbocycles. The lowest BCUT2D eigenvalue weighted by Crippen LogP contribution is -2.61. The molecule has 0 saturated carbocycles. The maximum absolute atomic E-state index is 13.0. The molecule has 1 aliphatic rings. The summed E-state index contributed by atoms with van der Waals surface area (Å²) in [4.78, 5) is 13.0. The van der Waals surface area contributed by atoms with Crippen LogP contribution in [0.25, 0.3) is 0 Å².